The summed E-state index contributed by atoms with van der Waals surface area (Å²) in [6.07, 6.45) is 0. The van der Waals surface area contributed by atoms with E-state index in [0.717, 1.165) is 16.6 Å². The molecule has 2 N–H and O–H groups in total. The second kappa shape index (κ2) is 6.30. The van der Waals surface area contributed by atoms with E-state index >= 15 is 0 Å². The molecule has 2 rings (SSSR count). The van der Waals surface area contributed by atoms with Gasteiger partial charge in [0, 0.05) is 10.0 Å². The van der Waals surface area contributed by atoms with Gasteiger partial charge in [-0.25, -0.2) is 4.98 Å². The summed E-state index contributed by atoms with van der Waals surface area (Å²) in [5.74, 6) is 0.797. The maximum absolute atomic E-state index is 13.8. The van der Waals surface area contributed by atoms with Gasteiger partial charge in [0.05, 0.1) is 6.54 Å². The van der Waals surface area contributed by atoms with Crippen molar-refractivity contribution in [2.24, 2.45) is 5.92 Å². The minimum atomic E-state index is -0.385. The second-order valence-electron chi connectivity index (χ2n) is 4.88. The van der Waals surface area contributed by atoms with Crippen LogP contribution < -0.4 is 5.32 Å². The molecule has 0 amide bonds. The summed E-state index contributed by atoms with van der Waals surface area (Å²) in [4.78, 5) is 6.98. The zero-order chi connectivity index (χ0) is 13.8. The highest BCUT2D eigenvalue weighted by atomic mass is 79.9. The van der Waals surface area contributed by atoms with Gasteiger partial charge >= 0.3 is 0 Å². The number of benzene rings is 1. The molecule has 0 unspecified atom stereocenters. The van der Waals surface area contributed by atoms with Crippen molar-refractivity contribution in [2.75, 3.05) is 6.54 Å². The SMILES string of the molecule is CC(C)CNCc1nc(-c2ccc(Br)cc2)c(F)[nH]1. The van der Waals surface area contributed by atoms with Crippen molar-refractivity contribution in [1.82, 2.24) is 15.3 Å². The molecule has 1 aromatic heterocycles. The standard InChI is InChI=1S/C14H17BrFN3/c1-9(2)7-17-8-12-18-13(14(16)19-12)10-3-5-11(15)6-4-10/h3-6,9,17H,7-8H2,1-2H3,(H,18,19). The van der Waals surface area contributed by atoms with Gasteiger partial charge in [-0.1, -0.05) is 41.9 Å². The first-order valence-corrected chi connectivity index (χ1v) is 7.06. The highest BCUT2D eigenvalue weighted by Crippen LogP contribution is 2.22. The van der Waals surface area contributed by atoms with Crippen LogP contribution in [0.2, 0.25) is 0 Å². The molecule has 0 atom stereocenters. The number of nitrogens with zero attached hydrogens (tertiary/aromatic N) is 1. The molecule has 3 nitrogen and oxygen atoms in total. The molecule has 0 saturated carbocycles. The van der Waals surface area contributed by atoms with Crippen LogP contribution in [0.4, 0.5) is 4.39 Å². The second-order valence-corrected chi connectivity index (χ2v) is 5.79. The Morgan fingerprint density at radius 3 is 2.63 bits per heavy atom. The Morgan fingerprint density at radius 1 is 1.32 bits per heavy atom. The first kappa shape index (κ1) is 14.2. The highest BCUT2D eigenvalue weighted by Gasteiger charge is 2.11. The van der Waals surface area contributed by atoms with Gasteiger partial charge in [0.2, 0.25) is 5.95 Å². The van der Waals surface area contributed by atoms with Crippen molar-refractivity contribution in [3.05, 3.63) is 40.5 Å². The van der Waals surface area contributed by atoms with Crippen LogP contribution in [0.1, 0.15) is 19.7 Å². The minimum Gasteiger partial charge on any atom is -0.317 e. The molecule has 0 saturated heterocycles. The molecule has 0 aliphatic heterocycles. The molecule has 1 aromatic carbocycles. The Balaban J connectivity index is 2.10. The van der Waals surface area contributed by atoms with E-state index in [1.165, 1.54) is 0 Å². The van der Waals surface area contributed by atoms with E-state index in [2.05, 4.69) is 45.1 Å². The van der Waals surface area contributed by atoms with Crippen LogP contribution in [0.3, 0.4) is 0 Å². The third-order valence-corrected chi connectivity index (χ3v) is 3.20. The van der Waals surface area contributed by atoms with E-state index in [1.807, 2.05) is 24.3 Å². The molecule has 0 bridgehead atoms. The smallest absolute Gasteiger partial charge is 0.219 e. The van der Waals surface area contributed by atoms with Gasteiger partial charge < -0.3 is 10.3 Å². The molecule has 1 heterocycles. The molecule has 19 heavy (non-hydrogen) atoms. The number of nitrogens with one attached hydrogen (secondary N) is 2. The summed E-state index contributed by atoms with van der Waals surface area (Å²) in [6.45, 7) is 5.69. The number of rotatable bonds is 5. The van der Waals surface area contributed by atoms with Gasteiger partial charge in [0.25, 0.3) is 0 Å². The van der Waals surface area contributed by atoms with Crippen molar-refractivity contribution in [3.8, 4) is 11.3 Å². The van der Waals surface area contributed by atoms with Crippen molar-refractivity contribution < 1.29 is 4.39 Å². The van der Waals surface area contributed by atoms with E-state index in [0.29, 0.717) is 24.0 Å². The molecule has 5 heteroatoms. The summed E-state index contributed by atoms with van der Waals surface area (Å²) >= 11 is 3.36. The number of halogens is 2. The average Bonchev–Trinajstić information content (AvgIpc) is 2.71. The summed E-state index contributed by atoms with van der Waals surface area (Å²) < 4.78 is 14.8. The van der Waals surface area contributed by atoms with Crippen molar-refractivity contribution >= 4 is 15.9 Å². The number of hydrogen-bond acceptors (Lipinski definition) is 2. The Kier molecular flexibility index (Phi) is 4.71. The Hall–Kier alpha value is -1.20. The quantitative estimate of drug-likeness (QED) is 0.879. The van der Waals surface area contributed by atoms with Crippen LogP contribution in [-0.2, 0) is 6.54 Å². The largest absolute Gasteiger partial charge is 0.317 e. The van der Waals surface area contributed by atoms with Gasteiger partial charge in [-0.05, 0) is 24.6 Å². The van der Waals surface area contributed by atoms with E-state index in [4.69, 9.17) is 0 Å². The maximum atomic E-state index is 13.8. The van der Waals surface area contributed by atoms with Crippen LogP contribution in [-0.4, -0.2) is 16.5 Å². The van der Waals surface area contributed by atoms with Crippen LogP contribution in [0.5, 0.6) is 0 Å². The van der Waals surface area contributed by atoms with Crippen LogP contribution in [0.25, 0.3) is 11.3 Å². The van der Waals surface area contributed by atoms with Crippen LogP contribution in [0, 0.1) is 11.9 Å². The topological polar surface area (TPSA) is 40.7 Å². The summed E-state index contributed by atoms with van der Waals surface area (Å²) in [7, 11) is 0. The van der Waals surface area contributed by atoms with Crippen LogP contribution >= 0.6 is 15.9 Å². The molecular weight excluding hydrogens is 309 g/mol. The monoisotopic (exact) mass is 325 g/mol. The zero-order valence-corrected chi connectivity index (χ0v) is 12.6. The fourth-order valence-electron chi connectivity index (χ4n) is 1.76. The van der Waals surface area contributed by atoms with Gasteiger partial charge in [0.15, 0.2) is 0 Å². The van der Waals surface area contributed by atoms with Crippen molar-refractivity contribution in [3.63, 3.8) is 0 Å². The first-order chi connectivity index (χ1) is 9.06. The lowest BCUT2D eigenvalue weighted by Gasteiger charge is -2.04. The fourth-order valence-corrected chi connectivity index (χ4v) is 2.02. The van der Waals surface area contributed by atoms with E-state index in [-0.39, 0.29) is 5.95 Å². The van der Waals surface area contributed by atoms with Gasteiger partial charge in [-0.2, -0.15) is 4.39 Å². The molecule has 0 fully saturated rings. The number of H-pyrrole nitrogens is 1. The Labute approximate surface area is 120 Å². The third-order valence-electron chi connectivity index (χ3n) is 2.67. The van der Waals surface area contributed by atoms with E-state index in [9.17, 15) is 4.39 Å². The minimum absolute atomic E-state index is 0.369. The third kappa shape index (κ3) is 3.88. The maximum Gasteiger partial charge on any atom is 0.219 e. The lowest BCUT2D eigenvalue weighted by atomic mass is 10.2. The number of aromatic nitrogens is 2. The van der Waals surface area contributed by atoms with Gasteiger partial charge in [0.1, 0.15) is 11.5 Å². The molecular formula is C14H17BrFN3. The molecule has 102 valence electrons. The van der Waals surface area contributed by atoms with E-state index in [1.54, 1.807) is 0 Å². The number of hydrogen-bond donors (Lipinski definition) is 2. The predicted octanol–water partition coefficient (Wildman–Crippen LogP) is 3.72. The van der Waals surface area contributed by atoms with Crippen LogP contribution in [0.15, 0.2) is 28.7 Å². The Bertz CT molecular complexity index is 534. The van der Waals surface area contributed by atoms with Crippen molar-refractivity contribution in [2.45, 2.75) is 20.4 Å². The number of imidazole rings is 1. The van der Waals surface area contributed by atoms with E-state index < -0.39 is 0 Å². The highest BCUT2D eigenvalue weighted by molar-refractivity contribution is 9.10. The summed E-state index contributed by atoms with van der Waals surface area (Å²) in [5, 5.41) is 3.23. The lowest BCUT2D eigenvalue weighted by molar-refractivity contribution is 0.539. The lowest BCUT2D eigenvalue weighted by Crippen LogP contribution is -2.19. The van der Waals surface area contributed by atoms with Gasteiger partial charge in [-0.15, -0.1) is 0 Å². The predicted molar refractivity (Wildman–Crippen MR) is 78.2 cm³/mol. The summed E-state index contributed by atoms with van der Waals surface area (Å²) in [6, 6.07) is 7.43. The molecule has 2 aromatic rings. The molecule has 0 aliphatic carbocycles. The Morgan fingerprint density at radius 2 is 2.00 bits per heavy atom. The number of aromatic amines is 1. The first-order valence-electron chi connectivity index (χ1n) is 6.27. The fraction of sp³-hybridized carbons (Fsp3) is 0.357. The zero-order valence-electron chi connectivity index (χ0n) is 11.0. The normalized spacial score (nSPS) is 11.2. The average molecular weight is 326 g/mol. The van der Waals surface area contributed by atoms with Crippen molar-refractivity contribution in [1.29, 1.82) is 0 Å². The molecule has 0 spiro atoms. The molecule has 0 aliphatic rings. The summed E-state index contributed by atoms with van der Waals surface area (Å²) in [5.41, 5.74) is 1.14. The van der Waals surface area contributed by atoms with Gasteiger partial charge in [-0.3, -0.25) is 0 Å². The molecule has 0 radical (unpaired) electrons.